The molecule has 25 heteroatoms. The van der Waals surface area contributed by atoms with Gasteiger partial charge in [-0.05, 0) is 99.9 Å². The van der Waals surface area contributed by atoms with Gasteiger partial charge in [-0.25, -0.2) is 71.9 Å². The maximum Gasteiger partial charge on any atom is 0.338 e. The molecule has 0 radical (unpaired) electrons. The Morgan fingerprint density at radius 3 is 1.25 bits per heavy atom. The molecule has 1 N–H and O–H groups in total. The number of aliphatic hydroxyl groups is 1. The highest BCUT2D eigenvalue weighted by Gasteiger charge is 2.19. The number of aromatic nitrogens is 4. The molecule has 0 aliphatic heterocycles. The Hall–Kier alpha value is -5.05. The van der Waals surface area contributed by atoms with E-state index in [2.05, 4.69) is 36.6 Å². The summed E-state index contributed by atoms with van der Waals surface area (Å²) in [7, 11) is -12.6. The van der Waals surface area contributed by atoms with Crippen molar-refractivity contribution in [3.8, 4) is 0 Å². The molecular formula is C40H36Br2F4N4O11S4. The second kappa shape index (κ2) is 19.4. The SMILES string of the molecule is COC(=O)c1cc(F)cc2c1ccn2S(C)(=O)=O.CS(=O)(=O)n1ccc2c(Br)cc(F)cc21.CS(=O)(=O)n1ccc2c(CBr)cc(F)cc21.CS(=O)(=O)n1ccc2c(CO)cc(F)cc21. The van der Waals surface area contributed by atoms with E-state index in [1.807, 2.05) is 0 Å². The number of ether oxygens (including phenoxy) is 1. The lowest BCUT2D eigenvalue weighted by Crippen LogP contribution is -2.09. The monoisotopic (exact) mass is 1110 g/mol. The van der Waals surface area contributed by atoms with Crippen LogP contribution >= 0.6 is 31.9 Å². The van der Waals surface area contributed by atoms with Crippen LogP contribution in [0.5, 0.6) is 0 Å². The van der Waals surface area contributed by atoms with E-state index in [1.165, 1.54) is 68.3 Å². The summed E-state index contributed by atoms with van der Waals surface area (Å²) in [5.41, 5.74) is 2.16. The third-order valence-electron chi connectivity index (χ3n) is 9.22. The molecule has 4 aromatic carbocycles. The summed E-state index contributed by atoms with van der Waals surface area (Å²) in [4.78, 5) is 11.5. The summed E-state index contributed by atoms with van der Waals surface area (Å²) in [6.07, 6.45) is 9.65. The van der Waals surface area contributed by atoms with Crippen LogP contribution < -0.4 is 0 Å². The number of hydrogen-bond donors (Lipinski definition) is 1. The van der Waals surface area contributed by atoms with Gasteiger partial charge in [0.1, 0.15) is 23.3 Å². The number of carbonyl (C=O) groups is 1. The third kappa shape index (κ3) is 11.5. The maximum atomic E-state index is 13.4. The average molecular weight is 1110 g/mol. The number of fused-ring (bicyclic) bond motifs is 4. The van der Waals surface area contributed by atoms with Gasteiger partial charge in [0.2, 0.25) is 40.1 Å². The fourth-order valence-corrected chi connectivity index (χ4v) is 10.7. The summed E-state index contributed by atoms with van der Waals surface area (Å²) in [5.74, 6) is -2.90. The van der Waals surface area contributed by atoms with Crippen LogP contribution in [-0.4, -0.2) is 92.8 Å². The van der Waals surface area contributed by atoms with Gasteiger partial charge in [0.25, 0.3) is 0 Å². The van der Waals surface area contributed by atoms with Gasteiger partial charge >= 0.3 is 5.97 Å². The van der Waals surface area contributed by atoms with Crippen LogP contribution in [0.15, 0.2) is 102 Å². The fraction of sp³-hybridized carbons (Fsp3) is 0.175. The van der Waals surface area contributed by atoms with Gasteiger partial charge in [-0.15, -0.1) is 0 Å². The number of nitrogens with zero attached hydrogens (tertiary/aromatic N) is 4. The Labute approximate surface area is 386 Å². The first-order chi connectivity index (χ1) is 30.1. The molecule has 0 spiro atoms. The van der Waals surface area contributed by atoms with E-state index in [-0.39, 0.29) is 23.2 Å². The number of carbonyl (C=O) groups excluding carboxylic acids is 1. The Kier molecular flexibility index (Phi) is 15.2. The van der Waals surface area contributed by atoms with Crippen molar-refractivity contribution >= 4 is 122 Å². The standard InChI is InChI=1S/C11H10FNO4S.C10H9BrFNO2S.C10H10FNO3S.C9H7BrFNO2S/c1-17-11(14)9-5-7(12)6-10-8(9)3-4-13(10)18(2,15)16;1-16(14,15)13-3-2-9-7(6-11)4-8(12)5-10(9)13;1-16(14,15)12-3-2-9-7(6-13)4-8(11)5-10(9)12;1-15(13,14)12-3-2-7-8(10)4-6(11)5-9(7)12/h3-6H,1-2H3;2-5H,6H2,1H3;2-5,13H,6H2,1H3;2-5H,1H3. The average Bonchev–Trinajstić information content (AvgIpc) is 4.01. The molecule has 4 aromatic heterocycles. The lowest BCUT2D eigenvalue weighted by molar-refractivity contribution is 0.0602. The number of methoxy groups -OCH3 is 1. The first-order valence-electron chi connectivity index (χ1n) is 18.0. The molecule has 8 aromatic rings. The lowest BCUT2D eigenvalue weighted by Gasteiger charge is -2.05. The molecule has 0 bridgehead atoms. The third-order valence-corrected chi connectivity index (χ3v) is 14.6. The molecule has 0 saturated carbocycles. The predicted molar refractivity (Wildman–Crippen MR) is 246 cm³/mol. The lowest BCUT2D eigenvalue weighted by atomic mass is 10.1. The Morgan fingerprint density at radius 1 is 0.538 bits per heavy atom. The zero-order chi connectivity index (χ0) is 48.6. The van der Waals surface area contributed by atoms with Crippen LogP contribution in [0.1, 0.15) is 21.5 Å². The van der Waals surface area contributed by atoms with Crippen molar-refractivity contribution in [3.63, 3.8) is 0 Å². The van der Waals surface area contributed by atoms with Crippen LogP contribution in [0, 0.1) is 23.3 Å². The first-order valence-corrected chi connectivity index (χ1v) is 27.3. The quantitative estimate of drug-likeness (QED) is 0.0954. The highest BCUT2D eigenvalue weighted by molar-refractivity contribution is 9.10. The maximum absolute atomic E-state index is 13.4. The van der Waals surface area contributed by atoms with Crippen LogP contribution in [0.2, 0.25) is 0 Å². The molecule has 0 atom stereocenters. The molecule has 0 saturated heterocycles. The number of rotatable bonds is 7. The van der Waals surface area contributed by atoms with Crippen molar-refractivity contribution in [3.05, 3.63) is 142 Å². The van der Waals surface area contributed by atoms with E-state index in [1.54, 1.807) is 18.2 Å². The normalized spacial score (nSPS) is 12.1. The van der Waals surface area contributed by atoms with Crippen molar-refractivity contribution in [1.82, 2.24) is 15.9 Å². The van der Waals surface area contributed by atoms with Crippen molar-refractivity contribution in [1.29, 1.82) is 0 Å². The Balaban J connectivity index is 0.000000163. The minimum Gasteiger partial charge on any atom is -0.465 e. The zero-order valence-electron chi connectivity index (χ0n) is 34.4. The molecule has 0 aliphatic carbocycles. The largest absolute Gasteiger partial charge is 0.465 e. The van der Waals surface area contributed by atoms with E-state index in [0.717, 1.165) is 70.1 Å². The van der Waals surface area contributed by atoms with Crippen LogP contribution in [0.25, 0.3) is 43.6 Å². The molecule has 348 valence electrons. The van der Waals surface area contributed by atoms with E-state index in [0.29, 0.717) is 42.6 Å². The van der Waals surface area contributed by atoms with Gasteiger partial charge in [-0.1, -0.05) is 15.9 Å². The van der Waals surface area contributed by atoms with Crippen molar-refractivity contribution in [2.45, 2.75) is 11.9 Å². The molecule has 0 amide bonds. The van der Waals surface area contributed by atoms with Gasteiger partial charge in [-0.3, -0.25) is 0 Å². The molecule has 0 fully saturated rings. The summed E-state index contributed by atoms with van der Waals surface area (Å²) in [6, 6.07) is 15.8. The van der Waals surface area contributed by atoms with Crippen LogP contribution in [0.4, 0.5) is 17.6 Å². The molecule has 0 unspecified atom stereocenters. The highest BCUT2D eigenvalue weighted by Crippen LogP contribution is 2.29. The van der Waals surface area contributed by atoms with Crippen LogP contribution in [0.3, 0.4) is 0 Å². The minimum absolute atomic E-state index is 0.00472. The predicted octanol–water partition coefficient (Wildman–Crippen LogP) is 7.29. The number of esters is 1. The number of aliphatic hydroxyl groups excluding tert-OH is 1. The smallest absolute Gasteiger partial charge is 0.338 e. The second-order valence-corrected chi connectivity index (χ2v) is 22.8. The van der Waals surface area contributed by atoms with Crippen molar-refractivity contribution in [2.24, 2.45) is 0 Å². The van der Waals surface area contributed by atoms with E-state index in [4.69, 9.17) is 5.11 Å². The number of alkyl halides is 1. The van der Waals surface area contributed by atoms with Crippen molar-refractivity contribution in [2.75, 3.05) is 32.1 Å². The first kappa shape index (κ1) is 50.9. The molecular weight excluding hydrogens is 1080 g/mol. The van der Waals surface area contributed by atoms with Gasteiger partial charge in [-0.2, -0.15) is 0 Å². The zero-order valence-corrected chi connectivity index (χ0v) is 40.8. The number of benzene rings is 4. The summed E-state index contributed by atoms with van der Waals surface area (Å²) < 4.78 is 154. The second-order valence-electron chi connectivity index (χ2n) is 14.0. The summed E-state index contributed by atoms with van der Waals surface area (Å²) in [6.45, 7) is -0.331. The van der Waals surface area contributed by atoms with Gasteiger partial charge in [0.15, 0.2) is 0 Å². The van der Waals surface area contributed by atoms with E-state index >= 15 is 0 Å². The number of hydrogen-bond acceptors (Lipinski definition) is 11. The van der Waals surface area contributed by atoms with E-state index in [9.17, 15) is 56.0 Å². The summed E-state index contributed by atoms with van der Waals surface area (Å²) >= 11 is 6.43. The molecule has 15 nitrogen and oxygen atoms in total. The minimum atomic E-state index is -3.55. The van der Waals surface area contributed by atoms with Crippen LogP contribution in [-0.2, 0) is 56.8 Å². The Bertz CT molecular complexity index is 3490. The number of halogens is 6. The van der Waals surface area contributed by atoms with Gasteiger partial charge in [0, 0.05) is 56.1 Å². The highest BCUT2D eigenvalue weighted by atomic mass is 79.9. The van der Waals surface area contributed by atoms with Gasteiger partial charge in [0.05, 0.1) is 66.4 Å². The Morgan fingerprint density at radius 2 is 0.862 bits per heavy atom. The molecule has 4 heterocycles. The van der Waals surface area contributed by atoms with Gasteiger partial charge < -0.3 is 9.84 Å². The fourth-order valence-electron chi connectivity index (χ4n) is 6.51. The molecule has 65 heavy (non-hydrogen) atoms. The summed E-state index contributed by atoms with van der Waals surface area (Å²) in [5, 5.41) is 11.8. The van der Waals surface area contributed by atoms with E-state index < -0.39 is 69.3 Å². The van der Waals surface area contributed by atoms with Crippen molar-refractivity contribution < 1.29 is 65.9 Å². The molecule has 0 aliphatic rings. The topological polar surface area (TPSA) is 203 Å². The molecule has 8 rings (SSSR count).